The number of hydrogen-bond donors (Lipinski definition) is 0. The fourth-order valence-corrected chi connectivity index (χ4v) is 3.81. The Kier molecular flexibility index (Phi) is 10.4. The van der Waals surface area contributed by atoms with Crippen molar-refractivity contribution in [2.24, 2.45) is 0 Å². The summed E-state index contributed by atoms with van der Waals surface area (Å²) in [6, 6.07) is 18.3. The molecule has 2 fully saturated rings. The quantitative estimate of drug-likeness (QED) is 0.489. The summed E-state index contributed by atoms with van der Waals surface area (Å²) < 4.78 is 12.4. The number of hydrogen-bond acceptors (Lipinski definition) is 2. The normalized spacial score (nSPS) is 24.2. The summed E-state index contributed by atoms with van der Waals surface area (Å²) in [5.41, 5.74) is 1.18. The van der Waals surface area contributed by atoms with Gasteiger partial charge in [0.15, 0.2) is 0 Å². The van der Waals surface area contributed by atoms with Crippen LogP contribution in [0, 0.1) is 0 Å². The van der Waals surface area contributed by atoms with E-state index in [0.717, 1.165) is 0 Å². The first-order chi connectivity index (χ1) is 12.4. The van der Waals surface area contributed by atoms with E-state index >= 15 is 0 Å². The van der Waals surface area contributed by atoms with Gasteiger partial charge in [-0.1, -0.05) is 51.4 Å². The molecule has 1 heterocycles. The Morgan fingerprint density at radius 3 is 1.46 bits per heavy atom. The van der Waals surface area contributed by atoms with Gasteiger partial charge < -0.3 is 39.6 Å². The van der Waals surface area contributed by atoms with Crippen molar-refractivity contribution in [3.63, 3.8) is 0 Å². The van der Waals surface area contributed by atoms with Crippen molar-refractivity contribution in [2.75, 3.05) is 0 Å². The number of fused-ring (bicyclic) bond motifs is 1. The zero-order valence-corrected chi connectivity index (χ0v) is 16.8. The van der Waals surface area contributed by atoms with Crippen molar-refractivity contribution in [2.45, 2.75) is 76.4 Å². The molecule has 1 aliphatic carbocycles. The minimum absolute atomic E-state index is 0. The third kappa shape index (κ3) is 7.08. The number of rotatable bonds is 1. The van der Waals surface area contributed by atoms with Crippen molar-refractivity contribution >= 4 is 12.6 Å². The van der Waals surface area contributed by atoms with Crippen molar-refractivity contribution in [3.8, 4) is 0 Å². The molecule has 4 heteroatoms. The Morgan fingerprint density at radius 1 is 0.654 bits per heavy atom. The molecule has 4 rings (SSSR count). The van der Waals surface area contributed by atoms with Gasteiger partial charge in [-0.3, -0.25) is 0 Å². The average Bonchev–Trinajstić information content (AvgIpc) is 3.38. The SMILES string of the molecule is [Fe].[cH-]1[cH-][cH-][cH-][cH-]1.c1cc[c-](B2O[C@H]3CCCCCCCCCC[C@H]3O2)c1. The molecular formula is C22H31BFeO2-6. The Labute approximate surface area is 170 Å². The van der Waals surface area contributed by atoms with Gasteiger partial charge in [-0.25, -0.2) is 12.1 Å². The maximum atomic E-state index is 6.19. The van der Waals surface area contributed by atoms with Crippen LogP contribution in [0.5, 0.6) is 0 Å². The maximum Gasteiger partial charge on any atom is 0.418 e. The monoisotopic (exact) mass is 394 g/mol. The van der Waals surface area contributed by atoms with Gasteiger partial charge in [-0.2, -0.15) is 12.1 Å². The molecule has 0 N–H and O–H groups in total. The van der Waals surface area contributed by atoms with Crippen LogP contribution in [0.25, 0.3) is 0 Å². The van der Waals surface area contributed by atoms with Gasteiger partial charge in [0.1, 0.15) is 0 Å². The van der Waals surface area contributed by atoms with Crippen LogP contribution < -0.4 is 5.46 Å². The van der Waals surface area contributed by atoms with Crippen LogP contribution in [0.15, 0.2) is 54.6 Å². The largest absolute Gasteiger partial charge is 0.748 e. The molecule has 2 aromatic rings. The Balaban J connectivity index is 0.000000351. The summed E-state index contributed by atoms with van der Waals surface area (Å²) in [6.07, 6.45) is 13.9. The van der Waals surface area contributed by atoms with E-state index < -0.39 is 0 Å². The molecule has 1 saturated heterocycles. The second-order valence-corrected chi connectivity index (χ2v) is 7.27. The first-order valence-corrected chi connectivity index (χ1v) is 10.1. The van der Waals surface area contributed by atoms with Crippen molar-refractivity contribution in [3.05, 3.63) is 54.6 Å². The minimum Gasteiger partial charge on any atom is -0.748 e. The van der Waals surface area contributed by atoms with E-state index in [0.29, 0.717) is 12.2 Å². The molecule has 26 heavy (non-hydrogen) atoms. The van der Waals surface area contributed by atoms with Crippen molar-refractivity contribution < 1.29 is 26.4 Å². The second kappa shape index (κ2) is 12.6. The molecule has 2 aromatic carbocycles. The summed E-state index contributed by atoms with van der Waals surface area (Å²) in [5, 5.41) is 0. The molecule has 2 atom stereocenters. The van der Waals surface area contributed by atoms with E-state index in [1.807, 2.05) is 30.3 Å². The van der Waals surface area contributed by atoms with Crippen LogP contribution in [0.1, 0.15) is 64.2 Å². The fraction of sp³-hybridized carbons (Fsp3) is 0.545. The third-order valence-corrected chi connectivity index (χ3v) is 5.25. The summed E-state index contributed by atoms with van der Waals surface area (Å²) in [5.74, 6) is 0. The molecule has 148 valence electrons. The van der Waals surface area contributed by atoms with Crippen LogP contribution in [0.2, 0.25) is 0 Å². The van der Waals surface area contributed by atoms with Crippen molar-refractivity contribution in [1.29, 1.82) is 0 Å². The minimum atomic E-state index is -0.120. The Hall–Kier alpha value is -0.796. The van der Waals surface area contributed by atoms with Crippen LogP contribution in [-0.2, 0) is 26.4 Å². The molecule has 1 saturated carbocycles. The summed E-state index contributed by atoms with van der Waals surface area (Å²) in [4.78, 5) is 0. The standard InChI is InChI=1S/C17H26BO2.C5H5.Fe/c1-2-4-6-8-14-17-16(13-7-5-3-1)19-18(20-17)15-11-9-10-12-15;1-2-4-5-3-1;/h9-12,16-17H,1-8,13-14H2;1-5H;/q-1;-5;/t16-,17+;;. The van der Waals surface area contributed by atoms with Gasteiger partial charge in [-0.05, 0) is 12.8 Å². The summed E-state index contributed by atoms with van der Waals surface area (Å²) >= 11 is 0. The second-order valence-electron chi connectivity index (χ2n) is 7.27. The molecule has 1 aliphatic heterocycles. The Bertz CT molecular complexity index is 503. The van der Waals surface area contributed by atoms with Gasteiger partial charge in [0, 0.05) is 17.1 Å². The van der Waals surface area contributed by atoms with E-state index in [1.54, 1.807) is 0 Å². The van der Waals surface area contributed by atoms with E-state index in [2.05, 4.69) is 24.3 Å². The van der Waals surface area contributed by atoms with E-state index in [9.17, 15) is 0 Å². The zero-order valence-electron chi connectivity index (χ0n) is 15.7. The molecule has 0 spiro atoms. The zero-order chi connectivity index (χ0) is 17.2. The fourth-order valence-electron chi connectivity index (χ4n) is 3.81. The van der Waals surface area contributed by atoms with E-state index in [1.165, 1.54) is 69.7 Å². The van der Waals surface area contributed by atoms with Gasteiger partial charge >= 0.3 is 7.12 Å². The van der Waals surface area contributed by atoms with Gasteiger partial charge in [0.2, 0.25) is 0 Å². The predicted octanol–water partition coefficient (Wildman–Crippen LogP) is 5.20. The van der Waals surface area contributed by atoms with E-state index in [4.69, 9.17) is 9.31 Å². The van der Waals surface area contributed by atoms with Crippen LogP contribution >= 0.6 is 0 Å². The van der Waals surface area contributed by atoms with Gasteiger partial charge in [0.05, 0.1) is 12.2 Å². The molecule has 2 nitrogen and oxygen atoms in total. The topological polar surface area (TPSA) is 18.5 Å². The summed E-state index contributed by atoms with van der Waals surface area (Å²) in [6.45, 7) is 0. The first-order valence-electron chi connectivity index (χ1n) is 10.1. The maximum absolute atomic E-state index is 6.19. The molecule has 0 radical (unpaired) electrons. The van der Waals surface area contributed by atoms with Crippen LogP contribution in [0.3, 0.4) is 0 Å². The molecule has 0 unspecified atom stereocenters. The Morgan fingerprint density at radius 2 is 1.04 bits per heavy atom. The van der Waals surface area contributed by atoms with Gasteiger partial charge in [-0.15, -0.1) is 5.46 Å². The molecule has 0 aromatic heterocycles. The van der Waals surface area contributed by atoms with Crippen LogP contribution in [0.4, 0.5) is 0 Å². The van der Waals surface area contributed by atoms with Crippen molar-refractivity contribution in [1.82, 2.24) is 0 Å². The molecule has 0 amide bonds. The average molecular weight is 394 g/mol. The third-order valence-electron chi connectivity index (χ3n) is 5.25. The first kappa shape index (κ1) is 21.5. The smallest absolute Gasteiger partial charge is 0.418 e. The molecule has 2 aliphatic rings. The van der Waals surface area contributed by atoms with E-state index in [-0.39, 0.29) is 24.2 Å². The van der Waals surface area contributed by atoms with Crippen LogP contribution in [-0.4, -0.2) is 19.3 Å². The molecular weight excluding hydrogens is 363 g/mol. The summed E-state index contributed by atoms with van der Waals surface area (Å²) in [7, 11) is -0.120. The molecule has 0 bridgehead atoms. The van der Waals surface area contributed by atoms with Gasteiger partial charge in [0.25, 0.3) is 0 Å². The predicted molar refractivity (Wildman–Crippen MR) is 105 cm³/mol.